The second-order valence-corrected chi connectivity index (χ2v) is 4.49. The van der Waals surface area contributed by atoms with E-state index < -0.39 is 24.0 Å². The zero-order valence-corrected chi connectivity index (χ0v) is 11.5. The van der Waals surface area contributed by atoms with Gasteiger partial charge in [0.15, 0.2) is 6.10 Å². The van der Waals surface area contributed by atoms with Crippen LogP contribution in [-0.2, 0) is 9.59 Å². The Morgan fingerprint density at radius 1 is 1.40 bits per heavy atom. The number of benzene rings is 1. The van der Waals surface area contributed by atoms with Gasteiger partial charge in [0.2, 0.25) is 0 Å². The molecule has 1 unspecified atom stereocenters. The normalized spacial score (nSPS) is 13.3. The van der Waals surface area contributed by atoms with Crippen molar-refractivity contribution < 1.29 is 24.5 Å². The zero-order chi connectivity index (χ0) is 15.1. The lowest BCUT2D eigenvalue weighted by Crippen LogP contribution is -2.46. The van der Waals surface area contributed by atoms with Crippen molar-refractivity contribution in [2.75, 3.05) is 6.61 Å². The number of carboxylic acid groups (broad SMARTS) is 1. The van der Waals surface area contributed by atoms with Crippen LogP contribution in [0.3, 0.4) is 0 Å². The smallest absolute Gasteiger partial charge is 0.326 e. The molecule has 3 N–H and O–H groups in total. The number of aliphatic hydroxyl groups excluding tert-OH is 1. The Bertz CT molecular complexity index is 474. The number of rotatable bonds is 7. The molecule has 0 heterocycles. The summed E-state index contributed by atoms with van der Waals surface area (Å²) in [7, 11) is 0. The number of amides is 1. The largest absolute Gasteiger partial charge is 0.481 e. The molecule has 110 valence electrons. The lowest BCUT2D eigenvalue weighted by molar-refractivity contribution is -0.143. The van der Waals surface area contributed by atoms with Crippen molar-refractivity contribution in [3.63, 3.8) is 0 Å². The molecule has 6 nitrogen and oxygen atoms in total. The molecule has 1 amide bonds. The van der Waals surface area contributed by atoms with E-state index in [9.17, 15) is 9.59 Å². The summed E-state index contributed by atoms with van der Waals surface area (Å²) in [5, 5.41) is 20.0. The molecule has 1 rings (SSSR count). The molecule has 0 bridgehead atoms. The van der Waals surface area contributed by atoms with Gasteiger partial charge in [0.1, 0.15) is 11.8 Å². The Balaban J connectivity index is 2.60. The Kier molecular flexibility index (Phi) is 5.99. The molecule has 0 spiro atoms. The SMILES string of the molecule is Cc1cccc(OC(C)C(=O)N[C@@H](CCO)C(=O)O)c1. The van der Waals surface area contributed by atoms with Crippen LogP contribution in [0.2, 0.25) is 0 Å². The van der Waals surface area contributed by atoms with Crippen LogP contribution >= 0.6 is 0 Å². The van der Waals surface area contributed by atoms with Gasteiger partial charge in [-0.25, -0.2) is 4.79 Å². The van der Waals surface area contributed by atoms with E-state index in [0.29, 0.717) is 5.75 Å². The number of carboxylic acids is 1. The average molecular weight is 281 g/mol. The molecule has 1 aromatic rings. The van der Waals surface area contributed by atoms with Crippen molar-refractivity contribution in [3.05, 3.63) is 29.8 Å². The Morgan fingerprint density at radius 2 is 2.10 bits per heavy atom. The third-order valence-corrected chi connectivity index (χ3v) is 2.70. The van der Waals surface area contributed by atoms with Crippen molar-refractivity contribution in [2.45, 2.75) is 32.4 Å². The maximum absolute atomic E-state index is 11.8. The molecule has 0 fully saturated rings. The molecular weight excluding hydrogens is 262 g/mol. The first-order valence-electron chi connectivity index (χ1n) is 6.31. The first-order chi connectivity index (χ1) is 9.43. The molecule has 0 saturated carbocycles. The number of nitrogens with one attached hydrogen (secondary N) is 1. The van der Waals surface area contributed by atoms with Gasteiger partial charge in [-0.05, 0) is 31.5 Å². The first-order valence-corrected chi connectivity index (χ1v) is 6.31. The highest BCUT2D eigenvalue weighted by molar-refractivity contribution is 5.86. The predicted octanol–water partition coefficient (Wildman–Crippen LogP) is 0.714. The maximum atomic E-state index is 11.8. The third kappa shape index (κ3) is 4.89. The van der Waals surface area contributed by atoms with Crippen LogP contribution in [0.5, 0.6) is 5.75 Å². The molecule has 6 heteroatoms. The molecule has 0 aliphatic carbocycles. The average Bonchev–Trinajstić information content (AvgIpc) is 2.37. The van der Waals surface area contributed by atoms with E-state index in [1.807, 2.05) is 13.0 Å². The van der Waals surface area contributed by atoms with Crippen LogP contribution < -0.4 is 10.1 Å². The summed E-state index contributed by atoms with van der Waals surface area (Å²) in [5.74, 6) is -1.18. The van der Waals surface area contributed by atoms with E-state index in [4.69, 9.17) is 14.9 Å². The van der Waals surface area contributed by atoms with Gasteiger partial charge in [-0.3, -0.25) is 4.79 Å². The first kappa shape index (κ1) is 16.0. The summed E-state index contributed by atoms with van der Waals surface area (Å²) in [6.45, 7) is 3.12. The van der Waals surface area contributed by atoms with E-state index in [1.165, 1.54) is 6.92 Å². The van der Waals surface area contributed by atoms with Crippen LogP contribution in [-0.4, -0.2) is 40.8 Å². The molecular formula is C14H19NO5. The van der Waals surface area contributed by atoms with E-state index in [-0.39, 0.29) is 13.0 Å². The number of ether oxygens (including phenoxy) is 1. The fourth-order valence-electron chi connectivity index (χ4n) is 1.62. The van der Waals surface area contributed by atoms with Crippen LogP contribution in [0.15, 0.2) is 24.3 Å². The minimum atomic E-state index is -1.19. The highest BCUT2D eigenvalue weighted by Crippen LogP contribution is 2.14. The fraction of sp³-hybridized carbons (Fsp3) is 0.429. The molecule has 0 aromatic heterocycles. The molecule has 0 radical (unpaired) electrons. The maximum Gasteiger partial charge on any atom is 0.326 e. The van der Waals surface area contributed by atoms with Gasteiger partial charge >= 0.3 is 5.97 Å². The molecule has 20 heavy (non-hydrogen) atoms. The summed E-state index contributed by atoms with van der Waals surface area (Å²) in [4.78, 5) is 22.7. The number of aliphatic hydroxyl groups is 1. The van der Waals surface area contributed by atoms with Crippen molar-refractivity contribution in [2.24, 2.45) is 0 Å². The van der Waals surface area contributed by atoms with Crippen molar-refractivity contribution >= 4 is 11.9 Å². The van der Waals surface area contributed by atoms with Gasteiger partial charge in [0.25, 0.3) is 5.91 Å². The molecule has 0 aliphatic heterocycles. The van der Waals surface area contributed by atoms with Crippen LogP contribution in [0.1, 0.15) is 18.9 Å². The van der Waals surface area contributed by atoms with E-state index >= 15 is 0 Å². The van der Waals surface area contributed by atoms with Gasteiger partial charge in [-0.15, -0.1) is 0 Å². The van der Waals surface area contributed by atoms with Gasteiger partial charge in [-0.2, -0.15) is 0 Å². The van der Waals surface area contributed by atoms with Crippen molar-refractivity contribution in [1.29, 1.82) is 0 Å². The lowest BCUT2D eigenvalue weighted by atomic mass is 10.2. The van der Waals surface area contributed by atoms with Gasteiger partial charge in [-0.1, -0.05) is 12.1 Å². The van der Waals surface area contributed by atoms with E-state index in [2.05, 4.69) is 5.32 Å². The number of aryl methyl sites for hydroxylation is 1. The molecule has 0 aliphatic rings. The summed E-state index contributed by atoms with van der Waals surface area (Å²) in [6, 6.07) is 6.10. The Labute approximate surface area is 117 Å². The highest BCUT2D eigenvalue weighted by atomic mass is 16.5. The quantitative estimate of drug-likeness (QED) is 0.684. The van der Waals surface area contributed by atoms with Crippen LogP contribution in [0.4, 0.5) is 0 Å². The number of aliphatic carboxylic acids is 1. The summed E-state index contributed by atoms with van der Waals surface area (Å²) >= 11 is 0. The lowest BCUT2D eigenvalue weighted by Gasteiger charge is -2.18. The Morgan fingerprint density at radius 3 is 2.65 bits per heavy atom. The predicted molar refractivity (Wildman–Crippen MR) is 72.5 cm³/mol. The summed E-state index contributed by atoms with van der Waals surface area (Å²) < 4.78 is 5.45. The second kappa shape index (κ2) is 7.49. The molecule has 1 aromatic carbocycles. The monoisotopic (exact) mass is 281 g/mol. The van der Waals surface area contributed by atoms with E-state index in [0.717, 1.165) is 5.56 Å². The number of carbonyl (C=O) groups excluding carboxylic acids is 1. The van der Waals surface area contributed by atoms with Crippen LogP contribution in [0.25, 0.3) is 0 Å². The van der Waals surface area contributed by atoms with Gasteiger partial charge < -0.3 is 20.3 Å². The Hall–Kier alpha value is -2.08. The highest BCUT2D eigenvalue weighted by Gasteiger charge is 2.23. The minimum Gasteiger partial charge on any atom is -0.481 e. The zero-order valence-electron chi connectivity index (χ0n) is 11.5. The standard InChI is InChI=1S/C14H19NO5/c1-9-4-3-5-11(8-9)20-10(2)13(17)15-12(6-7-16)14(18)19/h3-5,8,10,12,16H,6-7H2,1-2H3,(H,15,17)(H,18,19)/t10?,12-/m0/s1. The minimum absolute atomic E-state index is 0.0434. The number of hydrogen-bond donors (Lipinski definition) is 3. The third-order valence-electron chi connectivity index (χ3n) is 2.70. The molecule has 0 saturated heterocycles. The van der Waals surface area contributed by atoms with Gasteiger partial charge in [0.05, 0.1) is 0 Å². The number of hydrogen-bond acceptors (Lipinski definition) is 4. The summed E-state index contributed by atoms with van der Waals surface area (Å²) in [5.41, 5.74) is 0.999. The van der Waals surface area contributed by atoms with Gasteiger partial charge in [0, 0.05) is 13.0 Å². The van der Waals surface area contributed by atoms with Crippen molar-refractivity contribution in [1.82, 2.24) is 5.32 Å². The van der Waals surface area contributed by atoms with Crippen LogP contribution in [0, 0.1) is 6.92 Å². The topological polar surface area (TPSA) is 95.9 Å². The van der Waals surface area contributed by atoms with Crippen molar-refractivity contribution in [3.8, 4) is 5.75 Å². The van der Waals surface area contributed by atoms with E-state index in [1.54, 1.807) is 18.2 Å². The summed E-state index contributed by atoms with van der Waals surface area (Å²) in [6.07, 6.45) is -0.865. The second-order valence-electron chi connectivity index (χ2n) is 4.49. The number of carbonyl (C=O) groups is 2. The molecule has 2 atom stereocenters. The fourth-order valence-corrected chi connectivity index (χ4v) is 1.62.